The largest absolute Gasteiger partial charge is 0.450 e. The van der Waals surface area contributed by atoms with Crippen LogP contribution < -0.4 is 5.32 Å². The highest BCUT2D eigenvalue weighted by Crippen LogP contribution is 2.23. The van der Waals surface area contributed by atoms with Gasteiger partial charge in [0.15, 0.2) is 6.23 Å². The van der Waals surface area contributed by atoms with Gasteiger partial charge in [-0.2, -0.15) is 0 Å². The molecule has 1 aliphatic heterocycles. The number of nitrogens with one attached hydrogen (secondary N) is 1. The molecule has 0 saturated carbocycles. The van der Waals surface area contributed by atoms with Crippen molar-refractivity contribution in [3.8, 4) is 0 Å². The van der Waals surface area contributed by atoms with E-state index in [1.54, 1.807) is 13.8 Å². The van der Waals surface area contributed by atoms with Gasteiger partial charge in [-0.05, 0) is 26.7 Å². The molecule has 0 aromatic rings. The van der Waals surface area contributed by atoms with E-state index in [0.29, 0.717) is 12.8 Å². The Labute approximate surface area is 135 Å². The summed E-state index contributed by atoms with van der Waals surface area (Å²) < 4.78 is 19.9. The highest BCUT2D eigenvalue weighted by atomic mass is 16.7. The first-order valence-corrected chi connectivity index (χ1v) is 7.68. The molecule has 0 radical (unpaired) electrons. The molecule has 9 nitrogen and oxygen atoms in total. The average molecular weight is 334 g/mol. The third kappa shape index (κ3) is 5.85. The van der Waals surface area contributed by atoms with E-state index in [9.17, 15) is 14.7 Å². The molecular weight excluding hydrogens is 308 g/mol. The molecule has 1 aliphatic rings. The van der Waals surface area contributed by atoms with Crippen LogP contribution in [0.2, 0.25) is 0 Å². The number of nitrogens with zero attached hydrogens (tertiary/aromatic N) is 1. The summed E-state index contributed by atoms with van der Waals surface area (Å²) >= 11 is 0. The minimum Gasteiger partial charge on any atom is -0.450 e. The Morgan fingerprint density at radius 2 is 1.91 bits per heavy atom. The van der Waals surface area contributed by atoms with Crippen LogP contribution in [0.3, 0.4) is 0 Å². The normalized spacial score (nSPS) is 24.2. The molecule has 0 aromatic carbocycles. The predicted octanol–water partition coefficient (Wildman–Crippen LogP) is 0.661. The van der Waals surface area contributed by atoms with Crippen LogP contribution in [0, 0.1) is 0 Å². The zero-order chi connectivity index (χ0) is 17.2. The van der Waals surface area contributed by atoms with Crippen molar-refractivity contribution in [3.05, 3.63) is 0 Å². The molecule has 2 N–H and O–H groups in total. The van der Waals surface area contributed by atoms with Gasteiger partial charge in [0.2, 0.25) is 0 Å². The molecule has 1 saturated heterocycles. The van der Waals surface area contributed by atoms with Gasteiger partial charge in [-0.15, -0.1) is 0 Å². The second-order valence-corrected chi connectivity index (χ2v) is 5.00. The number of hydrogen-bond donors (Lipinski definition) is 2. The van der Waals surface area contributed by atoms with Gasteiger partial charge >= 0.3 is 12.2 Å². The molecule has 0 spiro atoms. The maximum absolute atomic E-state index is 12.1. The topological polar surface area (TPSA) is 107 Å². The van der Waals surface area contributed by atoms with Crippen LogP contribution in [0.15, 0.2) is 0 Å². The number of carbonyl (C=O) groups is 2. The summed E-state index contributed by atoms with van der Waals surface area (Å²) in [6.45, 7) is 4.07. The molecule has 0 aliphatic carbocycles. The highest BCUT2D eigenvalue weighted by Gasteiger charge is 2.41. The lowest BCUT2D eigenvalue weighted by Gasteiger charge is -2.42. The zero-order valence-electron chi connectivity index (χ0n) is 13.8. The lowest BCUT2D eigenvalue weighted by molar-refractivity contribution is -0.103. The van der Waals surface area contributed by atoms with Gasteiger partial charge in [0.1, 0.15) is 6.79 Å². The number of methoxy groups -OCH3 is 1. The lowest BCUT2D eigenvalue weighted by atomic mass is 9.97. The van der Waals surface area contributed by atoms with Gasteiger partial charge in [0.05, 0.1) is 31.9 Å². The lowest BCUT2D eigenvalue weighted by Crippen LogP contribution is -2.61. The van der Waals surface area contributed by atoms with Crippen molar-refractivity contribution in [1.29, 1.82) is 0 Å². The van der Waals surface area contributed by atoms with Gasteiger partial charge in [-0.25, -0.2) is 9.59 Å². The Kier molecular flexibility index (Phi) is 8.67. The zero-order valence-corrected chi connectivity index (χ0v) is 13.8. The summed E-state index contributed by atoms with van der Waals surface area (Å²) in [6.07, 6.45) is -1.48. The second kappa shape index (κ2) is 10.2. The second-order valence-electron chi connectivity index (χ2n) is 5.00. The summed E-state index contributed by atoms with van der Waals surface area (Å²) in [4.78, 5) is 24.8. The number of alkyl carbamates (subject to hydrolysis) is 1. The van der Waals surface area contributed by atoms with E-state index in [1.165, 1.54) is 12.0 Å². The first-order chi connectivity index (χ1) is 11.0. The molecule has 1 rings (SSSR count). The Hall–Kier alpha value is -1.58. The predicted molar refractivity (Wildman–Crippen MR) is 79.7 cm³/mol. The third-order valence-corrected chi connectivity index (χ3v) is 3.42. The van der Waals surface area contributed by atoms with E-state index in [2.05, 4.69) is 5.32 Å². The molecule has 0 bridgehead atoms. The molecule has 1 fully saturated rings. The number of piperidine rings is 1. The number of ether oxygens (including phenoxy) is 4. The Bertz CT molecular complexity index is 380. The fourth-order valence-corrected chi connectivity index (χ4v) is 2.43. The number of carbonyl (C=O) groups excluding carboxylic acids is 2. The smallest absolute Gasteiger partial charge is 0.412 e. The van der Waals surface area contributed by atoms with Crippen LogP contribution in [0.1, 0.15) is 26.7 Å². The first-order valence-electron chi connectivity index (χ1n) is 7.68. The van der Waals surface area contributed by atoms with Crippen LogP contribution in [-0.4, -0.2) is 74.2 Å². The maximum atomic E-state index is 12.1. The Morgan fingerprint density at radius 3 is 2.52 bits per heavy atom. The standard InChI is InChI=1S/C14H26N2O7/c1-4-22-13(18)15-11-7-6-10(8-21-9-20-3)16(12(11)17)14(19)23-5-2/h10-12,17H,4-9H2,1-3H3,(H,15,18)/t10-,11+,12-/m0/s1. The van der Waals surface area contributed by atoms with Crippen LogP contribution in [-0.2, 0) is 18.9 Å². The summed E-state index contributed by atoms with van der Waals surface area (Å²) in [5, 5.41) is 13.0. The number of aliphatic hydroxyl groups excluding tert-OH is 1. The van der Waals surface area contributed by atoms with Crippen molar-refractivity contribution in [2.45, 2.75) is 45.0 Å². The molecule has 3 atom stereocenters. The molecule has 0 unspecified atom stereocenters. The monoisotopic (exact) mass is 334 g/mol. The van der Waals surface area contributed by atoms with Crippen molar-refractivity contribution in [1.82, 2.24) is 10.2 Å². The third-order valence-electron chi connectivity index (χ3n) is 3.42. The van der Waals surface area contributed by atoms with Gasteiger partial charge in [-0.1, -0.05) is 0 Å². The fourth-order valence-electron chi connectivity index (χ4n) is 2.43. The van der Waals surface area contributed by atoms with Crippen molar-refractivity contribution in [2.75, 3.05) is 33.7 Å². The van der Waals surface area contributed by atoms with Crippen molar-refractivity contribution >= 4 is 12.2 Å². The van der Waals surface area contributed by atoms with Crippen molar-refractivity contribution < 1.29 is 33.6 Å². The van der Waals surface area contributed by atoms with Gasteiger partial charge < -0.3 is 29.4 Å². The quantitative estimate of drug-likeness (QED) is 0.520. The first kappa shape index (κ1) is 19.5. The van der Waals surface area contributed by atoms with Crippen LogP contribution in [0.4, 0.5) is 9.59 Å². The molecule has 1 heterocycles. The Morgan fingerprint density at radius 1 is 1.22 bits per heavy atom. The minimum absolute atomic E-state index is 0.0910. The van der Waals surface area contributed by atoms with Gasteiger partial charge in [0.25, 0.3) is 0 Å². The highest BCUT2D eigenvalue weighted by molar-refractivity contribution is 5.70. The van der Waals surface area contributed by atoms with Crippen LogP contribution in [0.5, 0.6) is 0 Å². The number of likely N-dealkylation sites (tertiary alicyclic amines) is 1. The average Bonchev–Trinajstić information content (AvgIpc) is 2.50. The number of hydrogen-bond acceptors (Lipinski definition) is 7. The molecule has 134 valence electrons. The van der Waals surface area contributed by atoms with E-state index in [0.717, 1.165) is 0 Å². The molecule has 23 heavy (non-hydrogen) atoms. The Balaban J connectivity index is 2.73. The van der Waals surface area contributed by atoms with Gasteiger partial charge in [-0.3, -0.25) is 4.90 Å². The summed E-state index contributed by atoms with van der Waals surface area (Å²) in [5.41, 5.74) is 0. The number of amides is 2. The molecule has 0 aromatic heterocycles. The van der Waals surface area contributed by atoms with Crippen LogP contribution >= 0.6 is 0 Å². The molecule has 9 heteroatoms. The minimum atomic E-state index is -1.22. The van der Waals surface area contributed by atoms with Crippen molar-refractivity contribution in [2.24, 2.45) is 0 Å². The molecular formula is C14H26N2O7. The maximum Gasteiger partial charge on any atom is 0.412 e. The summed E-state index contributed by atoms with van der Waals surface area (Å²) in [5.74, 6) is 0. The SMILES string of the molecule is CCOC(=O)N[C@@H]1CC[C@@H](COCOC)N(C(=O)OCC)[C@H]1O. The van der Waals surface area contributed by atoms with E-state index in [-0.39, 0.29) is 32.7 Å². The van der Waals surface area contributed by atoms with E-state index < -0.39 is 24.5 Å². The fraction of sp³-hybridized carbons (Fsp3) is 0.857. The molecule has 2 amide bonds. The summed E-state index contributed by atoms with van der Waals surface area (Å²) in [6, 6.07) is -0.989. The number of aliphatic hydroxyl groups is 1. The van der Waals surface area contributed by atoms with E-state index in [1.807, 2.05) is 0 Å². The summed E-state index contributed by atoms with van der Waals surface area (Å²) in [7, 11) is 1.50. The van der Waals surface area contributed by atoms with Crippen LogP contribution in [0.25, 0.3) is 0 Å². The van der Waals surface area contributed by atoms with Crippen molar-refractivity contribution in [3.63, 3.8) is 0 Å². The van der Waals surface area contributed by atoms with Gasteiger partial charge in [0, 0.05) is 7.11 Å². The van der Waals surface area contributed by atoms with E-state index in [4.69, 9.17) is 18.9 Å². The van der Waals surface area contributed by atoms with E-state index >= 15 is 0 Å². The number of rotatable bonds is 7.